The average molecular weight is 446 g/mol. The third kappa shape index (κ3) is 4.77. The number of rotatable bonds is 5. The monoisotopic (exact) mass is 445 g/mol. The van der Waals surface area contributed by atoms with Crippen LogP contribution >= 0.6 is 0 Å². The number of carbonyl (C=O) groups is 2. The molecule has 1 atom stereocenters. The van der Waals surface area contributed by atoms with Crippen LogP contribution in [0, 0.1) is 18.2 Å². The highest BCUT2D eigenvalue weighted by molar-refractivity contribution is 5.90. The molecule has 0 bridgehead atoms. The largest absolute Gasteiger partial charge is 0.395 e. The normalized spacial score (nSPS) is 14.7. The maximum absolute atomic E-state index is 14.8. The van der Waals surface area contributed by atoms with Gasteiger partial charge in [0.15, 0.2) is 0 Å². The van der Waals surface area contributed by atoms with Gasteiger partial charge in [-0.2, -0.15) is 9.78 Å². The maximum Gasteiger partial charge on any atom is 0.343 e. The van der Waals surface area contributed by atoms with E-state index in [1.54, 1.807) is 6.07 Å². The second-order valence-electron chi connectivity index (χ2n) is 9.33. The Hall–Kier alpha value is -2.94. The molecule has 0 aliphatic carbocycles. The summed E-state index contributed by atoms with van der Waals surface area (Å²) in [4.78, 5) is 27.9. The summed E-state index contributed by atoms with van der Waals surface area (Å²) in [5, 5.41) is 18.9. The fraction of sp³-hybridized carbons (Fsp3) is 0.522. The van der Waals surface area contributed by atoms with Crippen LogP contribution in [-0.4, -0.2) is 59.6 Å². The summed E-state index contributed by atoms with van der Waals surface area (Å²) in [7, 11) is 1.90. The Morgan fingerprint density at radius 3 is 2.66 bits per heavy atom. The van der Waals surface area contributed by atoms with E-state index >= 15 is 0 Å². The number of hydrogen-bond donors (Lipinski definition) is 3. The number of nitrogens with zero attached hydrogens (tertiary/aromatic N) is 3. The number of fused-ring (bicyclic) bond motifs is 1. The standard InChI is InChI=1S/C23H32FN5O3/c1-14-8-9-15(16(24)13-14)18-19-17(7-6-11-28(19)5)29(27-18)22(32)26-20(23(2,3)4)21(31)25-10-12-30/h8-9,13,20,30H,6-7,10-12H2,1-5H3,(H,25,31)(H,26,32)/t20-/m1/s1. The number of aliphatic hydroxyl groups is 1. The molecule has 3 rings (SSSR count). The minimum atomic E-state index is -0.845. The fourth-order valence-corrected chi connectivity index (χ4v) is 3.97. The van der Waals surface area contributed by atoms with Gasteiger partial charge in [0.1, 0.15) is 17.6 Å². The van der Waals surface area contributed by atoms with Crippen molar-refractivity contribution in [1.82, 2.24) is 20.4 Å². The molecule has 2 amide bonds. The first-order valence-electron chi connectivity index (χ1n) is 10.8. The molecule has 0 radical (unpaired) electrons. The van der Waals surface area contributed by atoms with E-state index in [1.165, 1.54) is 10.7 Å². The number of aryl methyl sites for hydroxylation is 1. The zero-order valence-corrected chi connectivity index (χ0v) is 19.3. The van der Waals surface area contributed by atoms with Gasteiger partial charge in [0.25, 0.3) is 0 Å². The molecule has 0 spiro atoms. The smallest absolute Gasteiger partial charge is 0.343 e. The molecule has 174 valence electrons. The van der Waals surface area contributed by atoms with Gasteiger partial charge in [0.2, 0.25) is 5.91 Å². The molecular formula is C23H32FN5O3. The second kappa shape index (κ2) is 9.28. The van der Waals surface area contributed by atoms with Gasteiger partial charge in [-0.1, -0.05) is 26.8 Å². The van der Waals surface area contributed by atoms with Gasteiger partial charge >= 0.3 is 6.03 Å². The van der Waals surface area contributed by atoms with Gasteiger partial charge in [-0.05, 0) is 42.9 Å². The minimum absolute atomic E-state index is 0.0973. The first kappa shape index (κ1) is 23.7. The Morgan fingerprint density at radius 2 is 2.03 bits per heavy atom. The van der Waals surface area contributed by atoms with E-state index in [-0.39, 0.29) is 19.1 Å². The second-order valence-corrected chi connectivity index (χ2v) is 9.33. The van der Waals surface area contributed by atoms with Crippen LogP contribution in [0.15, 0.2) is 18.2 Å². The van der Waals surface area contributed by atoms with Crippen LogP contribution in [0.3, 0.4) is 0 Å². The first-order chi connectivity index (χ1) is 15.0. The molecule has 1 aromatic heterocycles. The van der Waals surface area contributed by atoms with Crippen molar-refractivity contribution in [3.8, 4) is 11.3 Å². The molecule has 0 saturated heterocycles. The Kier molecular flexibility index (Phi) is 6.88. The van der Waals surface area contributed by atoms with Crippen molar-refractivity contribution in [2.75, 3.05) is 31.6 Å². The van der Waals surface area contributed by atoms with Crippen LogP contribution in [0.25, 0.3) is 11.3 Å². The highest BCUT2D eigenvalue weighted by Crippen LogP contribution is 2.37. The molecule has 8 nitrogen and oxygen atoms in total. The van der Waals surface area contributed by atoms with Crippen molar-refractivity contribution in [1.29, 1.82) is 0 Å². The SMILES string of the molecule is Cc1ccc(-c2nn(C(=O)N[C@H](C(=O)NCCO)C(C)(C)C)c3c2N(C)CCC3)c(F)c1. The Morgan fingerprint density at radius 1 is 1.31 bits per heavy atom. The Bertz CT molecular complexity index is 1010. The van der Waals surface area contributed by atoms with Gasteiger partial charge in [-0.15, -0.1) is 0 Å². The highest BCUT2D eigenvalue weighted by atomic mass is 19.1. The van der Waals surface area contributed by atoms with Crippen LogP contribution in [0.2, 0.25) is 0 Å². The maximum atomic E-state index is 14.8. The summed E-state index contributed by atoms with van der Waals surface area (Å²) in [6, 6.07) is 3.55. The van der Waals surface area contributed by atoms with E-state index in [1.807, 2.05) is 45.7 Å². The lowest BCUT2D eigenvalue weighted by Crippen LogP contribution is -2.55. The summed E-state index contributed by atoms with van der Waals surface area (Å²) in [5.41, 5.74) is 2.38. The lowest BCUT2D eigenvalue weighted by Gasteiger charge is -2.30. The van der Waals surface area contributed by atoms with Crippen molar-refractivity contribution in [3.05, 3.63) is 35.3 Å². The zero-order chi connectivity index (χ0) is 23.6. The number of nitrogens with one attached hydrogen (secondary N) is 2. The quantitative estimate of drug-likeness (QED) is 0.657. The van der Waals surface area contributed by atoms with Gasteiger partial charge in [0.05, 0.1) is 18.0 Å². The van der Waals surface area contributed by atoms with Crippen LogP contribution in [0.4, 0.5) is 14.9 Å². The van der Waals surface area contributed by atoms with E-state index in [0.29, 0.717) is 23.4 Å². The summed E-state index contributed by atoms with van der Waals surface area (Å²) in [5.74, 6) is -0.782. The Balaban J connectivity index is 2.02. The number of hydrogen-bond acceptors (Lipinski definition) is 5. The van der Waals surface area contributed by atoms with E-state index in [9.17, 15) is 14.0 Å². The number of benzene rings is 1. The van der Waals surface area contributed by atoms with Gasteiger partial charge < -0.3 is 20.6 Å². The number of amides is 2. The van der Waals surface area contributed by atoms with Crippen LogP contribution in [0.1, 0.15) is 38.4 Å². The summed E-state index contributed by atoms with van der Waals surface area (Å²) in [6.07, 6.45) is 1.45. The van der Waals surface area contributed by atoms with Gasteiger partial charge in [-0.25, -0.2) is 9.18 Å². The average Bonchev–Trinajstić information content (AvgIpc) is 3.10. The number of anilines is 1. The van der Waals surface area contributed by atoms with Crippen molar-refractivity contribution in [2.45, 2.75) is 46.6 Å². The predicted molar refractivity (Wildman–Crippen MR) is 121 cm³/mol. The molecule has 32 heavy (non-hydrogen) atoms. The molecular weight excluding hydrogens is 413 g/mol. The molecule has 9 heteroatoms. The van der Waals surface area contributed by atoms with E-state index in [4.69, 9.17) is 5.11 Å². The minimum Gasteiger partial charge on any atom is -0.395 e. The lowest BCUT2D eigenvalue weighted by molar-refractivity contribution is -0.125. The summed E-state index contributed by atoms with van der Waals surface area (Å²) in [6.45, 7) is 8.02. The molecule has 0 unspecified atom stereocenters. The summed E-state index contributed by atoms with van der Waals surface area (Å²) < 4.78 is 16.1. The van der Waals surface area contributed by atoms with Gasteiger partial charge in [0, 0.05) is 25.7 Å². The predicted octanol–water partition coefficient (Wildman–Crippen LogP) is 2.46. The van der Waals surface area contributed by atoms with Crippen LogP contribution < -0.4 is 15.5 Å². The van der Waals surface area contributed by atoms with Crippen LogP contribution in [0.5, 0.6) is 0 Å². The van der Waals surface area contributed by atoms with Crippen molar-refractivity contribution in [3.63, 3.8) is 0 Å². The molecule has 1 aliphatic rings. The van der Waals surface area contributed by atoms with Gasteiger partial charge in [-0.3, -0.25) is 4.79 Å². The summed E-state index contributed by atoms with van der Waals surface area (Å²) >= 11 is 0. The topological polar surface area (TPSA) is 99.5 Å². The third-order valence-electron chi connectivity index (χ3n) is 5.62. The van der Waals surface area contributed by atoms with Crippen molar-refractivity contribution < 1.29 is 19.1 Å². The van der Waals surface area contributed by atoms with E-state index in [2.05, 4.69) is 15.7 Å². The highest BCUT2D eigenvalue weighted by Gasteiger charge is 2.35. The number of aromatic nitrogens is 2. The molecule has 0 saturated carbocycles. The zero-order valence-electron chi connectivity index (χ0n) is 19.3. The molecule has 2 aromatic rings. The van der Waals surface area contributed by atoms with E-state index in [0.717, 1.165) is 24.2 Å². The number of aliphatic hydroxyl groups excluding tert-OH is 1. The van der Waals surface area contributed by atoms with Crippen LogP contribution in [-0.2, 0) is 11.2 Å². The Labute approximate surface area is 187 Å². The molecule has 0 fully saturated rings. The molecule has 1 aromatic carbocycles. The fourth-order valence-electron chi connectivity index (χ4n) is 3.97. The lowest BCUT2D eigenvalue weighted by atomic mass is 9.86. The van der Waals surface area contributed by atoms with E-state index < -0.39 is 23.3 Å². The molecule has 2 heterocycles. The third-order valence-corrected chi connectivity index (χ3v) is 5.62. The number of halogens is 1. The van der Waals surface area contributed by atoms with Crippen molar-refractivity contribution in [2.24, 2.45) is 5.41 Å². The molecule has 3 N–H and O–H groups in total. The molecule has 1 aliphatic heterocycles. The number of carbonyl (C=O) groups excluding carboxylic acids is 2. The van der Waals surface area contributed by atoms with Crippen molar-refractivity contribution >= 4 is 17.6 Å². The first-order valence-corrected chi connectivity index (χ1v) is 10.8.